The van der Waals surface area contributed by atoms with Crippen molar-refractivity contribution in [2.24, 2.45) is 41.4 Å². The van der Waals surface area contributed by atoms with Gasteiger partial charge in [-0.05, 0) is 114 Å². The molecule has 2 saturated heterocycles. The smallest absolute Gasteiger partial charge is 0.246 e. The molecule has 538 valence electrons. The molecule has 94 heavy (non-hydrogen) atoms. The number of aliphatic hydroxyl groups excluding tert-OH is 1. The molecule has 2 fully saturated rings. The Morgan fingerprint density at radius 1 is 0.468 bits per heavy atom. The average molecular weight is 1330 g/mol. The summed E-state index contributed by atoms with van der Waals surface area (Å²) in [6.45, 7) is 36.3. The molecule has 0 radical (unpaired) electrons. The normalized spacial score (nSPS) is 28.0. The zero-order chi connectivity index (χ0) is 72.2. The van der Waals surface area contributed by atoms with E-state index in [9.17, 15) is 24.3 Å². The predicted octanol–water partition coefficient (Wildman–Crippen LogP) is 3.28. The Balaban J connectivity index is 3.06. The molecule has 0 spiro atoms. The van der Waals surface area contributed by atoms with Crippen LogP contribution in [0.5, 0.6) is 0 Å². The van der Waals surface area contributed by atoms with Crippen molar-refractivity contribution in [3.05, 3.63) is 12.2 Å². The first-order valence-electron chi connectivity index (χ1n) is 34.5. The monoisotopic (exact) mass is 1330 g/mol. The highest BCUT2D eigenvalue weighted by Gasteiger charge is 2.46. The molecule has 25 nitrogen and oxygen atoms in total. The van der Waals surface area contributed by atoms with Crippen molar-refractivity contribution in [3.8, 4) is 0 Å². The number of nitrogens with zero attached hydrogens (tertiary/aromatic N) is 9. The van der Waals surface area contributed by atoms with Crippen molar-refractivity contribution in [3.63, 3.8) is 0 Å². The van der Waals surface area contributed by atoms with Gasteiger partial charge in [-0.1, -0.05) is 109 Å². The van der Waals surface area contributed by atoms with Crippen molar-refractivity contribution < 1.29 is 57.8 Å². The van der Waals surface area contributed by atoms with Crippen molar-refractivity contribution in [1.82, 2.24) is 65.4 Å². The highest BCUT2D eigenvalue weighted by atomic mass is 16.3. The van der Waals surface area contributed by atoms with Gasteiger partial charge in [-0.2, -0.15) is 0 Å². The molecule has 14 atom stereocenters. The quantitative estimate of drug-likeness (QED) is 0.123. The molecule has 0 bridgehead atoms. The maximum absolute atomic E-state index is 15.3. The van der Waals surface area contributed by atoms with Gasteiger partial charge in [-0.25, -0.2) is 0 Å². The fraction of sp³-hybridized carbons (Fsp3) is 0.812. The highest BCUT2D eigenvalue weighted by Crippen LogP contribution is 2.26. The van der Waals surface area contributed by atoms with Gasteiger partial charge in [0.2, 0.25) is 65.0 Å². The van der Waals surface area contributed by atoms with Gasteiger partial charge in [-0.3, -0.25) is 52.7 Å². The zero-order valence-corrected chi connectivity index (χ0v) is 62.1. The zero-order valence-electron chi connectivity index (χ0n) is 62.1. The molecular weight excluding hydrogens is 1200 g/mol. The third-order valence-electron chi connectivity index (χ3n) is 19.1. The molecule has 0 aliphatic carbocycles. The topological polar surface area (TPSA) is 285 Å². The Bertz CT molecular complexity index is 2570. The summed E-state index contributed by atoms with van der Waals surface area (Å²) < 4.78 is 0. The summed E-state index contributed by atoms with van der Waals surface area (Å²) in [6.07, 6.45) is 3.38. The van der Waals surface area contributed by atoms with Crippen molar-refractivity contribution in [2.75, 3.05) is 88.6 Å². The summed E-state index contributed by atoms with van der Waals surface area (Å²) in [5.74, 6) is -9.89. The number of hydrogen-bond donors (Lipinski definition) is 5. The first kappa shape index (κ1) is 83.9. The standard InChI is InChI=1S/C69H125N13O12/c1-26-29-30-45(14)58(83)57-62(87)72-50(27-2)65(90)74(19)49(18)64(89)79(24)56(46(15)39-82-35-33-81(28-3)34-36-82)61(86)73-54(43(10)11)68(93)75(20)51(32-31-40(4)5)60(85)70-47(16)59(84)71-48(17)63(88)76(21)52(37-41(6)7)66(91)77(22)53(38-42(8)9)67(92)78(23)55(44(12)13)69(94)80(57)25/h26,29,40-58,83H,27-28,30-39H2,1-25H3,(H,70,85)(H,71,84)(H,72,87)(H,73,86)/b29-26+/t45-,46-,47+,48-,49-,50+,51+,52+,53+,54+,55+,56+,57+,58-/m1/s1. The van der Waals surface area contributed by atoms with Crippen molar-refractivity contribution in [1.29, 1.82) is 0 Å². The van der Waals surface area contributed by atoms with Crippen LogP contribution in [0, 0.1) is 41.4 Å². The van der Waals surface area contributed by atoms with Crippen LogP contribution in [0.3, 0.4) is 0 Å². The lowest BCUT2D eigenvalue weighted by atomic mass is 9.91. The number of aliphatic hydroxyl groups is 1. The van der Waals surface area contributed by atoms with Crippen LogP contribution in [-0.2, 0) is 52.7 Å². The summed E-state index contributed by atoms with van der Waals surface area (Å²) in [5.41, 5.74) is 0. The molecule has 0 aromatic heterocycles. The summed E-state index contributed by atoms with van der Waals surface area (Å²) >= 11 is 0. The average Bonchev–Trinajstić information content (AvgIpc) is 0.809. The van der Waals surface area contributed by atoms with Crippen LogP contribution in [0.25, 0.3) is 0 Å². The van der Waals surface area contributed by atoms with E-state index in [-0.39, 0.29) is 43.4 Å². The van der Waals surface area contributed by atoms with E-state index in [1.165, 1.54) is 99.5 Å². The number of hydrogen-bond acceptors (Lipinski definition) is 14. The van der Waals surface area contributed by atoms with Crippen LogP contribution in [0.2, 0.25) is 0 Å². The lowest BCUT2D eigenvalue weighted by Crippen LogP contribution is -2.64. The van der Waals surface area contributed by atoms with Crippen LogP contribution in [0.4, 0.5) is 0 Å². The summed E-state index contributed by atoms with van der Waals surface area (Å²) in [4.78, 5) is 177. The second kappa shape index (κ2) is 38.5. The number of piperazine rings is 1. The second-order valence-electron chi connectivity index (χ2n) is 28.8. The minimum atomic E-state index is -1.63. The molecular formula is C69H125N13O12. The number of likely N-dealkylation sites (N-methyl/N-ethyl adjacent to an activating group) is 8. The summed E-state index contributed by atoms with van der Waals surface area (Å²) in [5, 5.41) is 23.5. The molecule has 25 heteroatoms. The number of allylic oxidation sites excluding steroid dienone is 2. The van der Waals surface area contributed by atoms with E-state index in [2.05, 4.69) is 38.0 Å². The van der Waals surface area contributed by atoms with Gasteiger partial charge in [0.15, 0.2) is 0 Å². The SMILES string of the molecule is C/C=C/C[C@@H](C)[C@@H](O)[C@H]1C(=O)N[C@@H](CC)C(=O)N(C)[C@H](C)C(=O)N(C)[C@@H]([C@H](C)CN2CCN(CC)CC2)C(=O)N[C@@H](C(C)C)C(=O)N(C)[C@@H](CCC(C)C)C(=O)N[C@@H](C)C(=O)N[C@H](C)C(=O)N(C)[C@@H](CC(C)C)C(=O)N(C)[C@@H](CC(C)C)C(=O)N(C)[C@@H](C(C)C)C(=O)N1C. The van der Waals surface area contributed by atoms with Gasteiger partial charge >= 0.3 is 0 Å². The van der Waals surface area contributed by atoms with Gasteiger partial charge in [-0.15, -0.1) is 0 Å². The fourth-order valence-corrected chi connectivity index (χ4v) is 12.7. The molecule has 11 amide bonds. The van der Waals surface area contributed by atoms with Crippen LogP contribution in [0.15, 0.2) is 12.2 Å². The second-order valence-corrected chi connectivity index (χ2v) is 28.8. The Labute approximate surface area is 563 Å². The molecule has 0 unspecified atom stereocenters. The Morgan fingerprint density at radius 3 is 1.41 bits per heavy atom. The summed E-state index contributed by atoms with van der Waals surface area (Å²) in [6, 6.07) is -13.8. The lowest BCUT2D eigenvalue weighted by molar-refractivity contribution is -0.157. The molecule has 2 heterocycles. The van der Waals surface area contributed by atoms with E-state index in [4.69, 9.17) is 0 Å². The minimum absolute atomic E-state index is 0.0110. The fourth-order valence-electron chi connectivity index (χ4n) is 12.7. The maximum atomic E-state index is 15.3. The number of carbonyl (C=O) groups excluding carboxylic acids is 11. The van der Waals surface area contributed by atoms with Crippen molar-refractivity contribution >= 4 is 65.0 Å². The van der Waals surface area contributed by atoms with Crippen LogP contribution in [0.1, 0.15) is 163 Å². The van der Waals surface area contributed by atoms with E-state index < -0.39 is 161 Å². The summed E-state index contributed by atoms with van der Waals surface area (Å²) in [7, 11) is 10.1. The van der Waals surface area contributed by atoms with E-state index in [0.717, 1.165) is 24.5 Å². The van der Waals surface area contributed by atoms with E-state index in [1.807, 2.05) is 61.5 Å². The molecule has 0 aromatic rings. The van der Waals surface area contributed by atoms with E-state index >= 15 is 33.6 Å². The van der Waals surface area contributed by atoms with E-state index in [1.54, 1.807) is 47.6 Å². The molecule has 5 N–H and O–H groups in total. The van der Waals surface area contributed by atoms with Gasteiger partial charge in [0.05, 0.1) is 6.10 Å². The minimum Gasteiger partial charge on any atom is -0.390 e. The first-order chi connectivity index (χ1) is 43.6. The Hall–Kier alpha value is -6.21. The number of carbonyl (C=O) groups is 11. The number of amides is 11. The van der Waals surface area contributed by atoms with Crippen LogP contribution < -0.4 is 21.3 Å². The Kier molecular flexibility index (Phi) is 34.4. The maximum Gasteiger partial charge on any atom is 0.246 e. The first-order valence-corrected chi connectivity index (χ1v) is 34.5. The van der Waals surface area contributed by atoms with Crippen LogP contribution >= 0.6 is 0 Å². The third-order valence-corrected chi connectivity index (χ3v) is 19.1. The van der Waals surface area contributed by atoms with Gasteiger partial charge in [0, 0.05) is 82.1 Å². The molecule has 2 aliphatic heterocycles. The lowest BCUT2D eigenvalue weighted by Gasteiger charge is -2.41. The van der Waals surface area contributed by atoms with Gasteiger partial charge < -0.3 is 70.5 Å². The molecule has 0 saturated carbocycles. The number of nitrogens with one attached hydrogen (secondary N) is 4. The largest absolute Gasteiger partial charge is 0.390 e. The van der Waals surface area contributed by atoms with Gasteiger partial charge in [0.1, 0.15) is 66.5 Å². The van der Waals surface area contributed by atoms with Crippen molar-refractivity contribution in [2.45, 2.75) is 236 Å². The molecule has 0 aromatic carbocycles. The molecule has 2 rings (SSSR count). The molecule has 2 aliphatic rings. The van der Waals surface area contributed by atoms with Crippen LogP contribution in [-0.4, -0.2) is 275 Å². The van der Waals surface area contributed by atoms with Gasteiger partial charge in [0.25, 0.3) is 0 Å². The van der Waals surface area contributed by atoms with E-state index in [0.29, 0.717) is 32.5 Å². The predicted molar refractivity (Wildman–Crippen MR) is 366 cm³/mol. The Morgan fingerprint density at radius 2 is 0.936 bits per heavy atom. The highest BCUT2D eigenvalue weighted by molar-refractivity contribution is 6.00. The third kappa shape index (κ3) is 22.7. The number of rotatable bonds is 18.